The lowest BCUT2D eigenvalue weighted by Crippen LogP contribution is -2.35. The van der Waals surface area contributed by atoms with Gasteiger partial charge in [-0.25, -0.2) is 23.5 Å². The molecule has 5 rings (SSSR count). The molecule has 1 saturated carbocycles. The fraction of sp³-hybridized carbons (Fsp3) is 0.310. The Hall–Kier alpha value is -4.18. The summed E-state index contributed by atoms with van der Waals surface area (Å²) in [4.78, 5) is 34.0. The molecule has 1 aliphatic rings. The third-order valence-corrected chi connectivity index (χ3v) is 7.24. The quantitative estimate of drug-likeness (QED) is 0.291. The molecule has 2 heterocycles. The van der Waals surface area contributed by atoms with Crippen LogP contribution in [0, 0.1) is 17.6 Å². The van der Waals surface area contributed by atoms with E-state index in [1.807, 2.05) is 30.3 Å². The average molecular weight is 535 g/mol. The van der Waals surface area contributed by atoms with Crippen molar-refractivity contribution in [1.29, 1.82) is 0 Å². The number of pyridine rings is 1. The van der Waals surface area contributed by atoms with Crippen LogP contribution in [0.2, 0.25) is 0 Å². The van der Waals surface area contributed by atoms with Gasteiger partial charge in [-0.05, 0) is 36.5 Å². The van der Waals surface area contributed by atoms with E-state index in [2.05, 4.69) is 15.3 Å². The molecule has 1 unspecified atom stereocenters. The van der Waals surface area contributed by atoms with E-state index in [9.17, 15) is 23.5 Å². The van der Waals surface area contributed by atoms with Gasteiger partial charge in [-0.2, -0.15) is 0 Å². The number of imidazole rings is 1. The molecule has 1 aliphatic carbocycles. The first-order chi connectivity index (χ1) is 18.9. The molecule has 8 nitrogen and oxygen atoms in total. The number of aromatic nitrogens is 3. The number of carbonyl (C=O) groups excluding carboxylic acids is 1. The van der Waals surface area contributed by atoms with Crippen LogP contribution in [0.25, 0.3) is 11.0 Å². The lowest BCUT2D eigenvalue weighted by molar-refractivity contribution is -0.121. The molecule has 39 heavy (non-hydrogen) atoms. The molecule has 0 spiro atoms. The van der Waals surface area contributed by atoms with Gasteiger partial charge in [-0.3, -0.25) is 4.79 Å². The van der Waals surface area contributed by atoms with Gasteiger partial charge in [0.2, 0.25) is 5.91 Å². The van der Waals surface area contributed by atoms with Crippen molar-refractivity contribution < 1.29 is 28.2 Å². The number of anilines is 1. The van der Waals surface area contributed by atoms with Crippen LogP contribution in [0.4, 0.5) is 14.6 Å². The minimum atomic E-state index is -1.13. The summed E-state index contributed by atoms with van der Waals surface area (Å²) < 4.78 is 36.4. The Labute approximate surface area is 223 Å². The van der Waals surface area contributed by atoms with Gasteiger partial charge < -0.3 is 19.7 Å². The molecule has 1 amide bonds. The molecule has 10 heteroatoms. The maximum atomic E-state index is 14.6. The smallest absolute Gasteiger partial charge is 0.337 e. The number of carboxylic acid groups (broad SMARTS) is 1. The second-order valence-electron chi connectivity index (χ2n) is 9.69. The Morgan fingerprint density at radius 1 is 1.05 bits per heavy atom. The van der Waals surface area contributed by atoms with Crippen molar-refractivity contribution in [3.63, 3.8) is 0 Å². The first-order valence-electron chi connectivity index (χ1n) is 12.8. The number of halogens is 2. The van der Waals surface area contributed by atoms with Gasteiger partial charge >= 0.3 is 5.97 Å². The number of carbonyl (C=O) groups is 2. The number of benzene rings is 2. The number of aromatic carboxylic acids is 1. The van der Waals surface area contributed by atoms with Gasteiger partial charge in [0.05, 0.1) is 16.6 Å². The molecule has 0 radical (unpaired) electrons. The van der Waals surface area contributed by atoms with Gasteiger partial charge in [-0.15, -0.1) is 0 Å². The van der Waals surface area contributed by atoms with E-state index >= 15 is 0 Å². The van der Waals surface area contributed by atoms with Gasteiger partial charge in [0.15, 0.2) is 11.6 Å². The van der Waals surface area contributed by atoms with E-state index in [4.69, 9.17) is 4.74 Å². The highest BCUT2D eigenvalue weighted by atomic mass is 19.2. The van der Waals surface area contributed by atoms with Gasteiger partial charge in [-0.1, -0.05) is 49.6 Å². The number of nitrogens with one attached hydrogen (secondary N) is 1. The Morgan fingerprint density at radius 3 is 2.41 bits per heavy atom. The summed E-state index contributed by atoms with van der Waals surface area (Å²) in [5, 5.41) is 12.0. The van der Waals surface area contributed by atoms with Gasteiger partial charge in [0.1, 0.15) is 23.8 Å². The number of rotatable bonds is 8. The molecule has 4 aromatic rings. The maximum absolute atomic E-state index is 14.6. The zero-order valence-corrected chi connectivity index (χ0v) is 21.3. The van der Waals surface area contributed by atoms with E-state index < -0.39 is 35.7 Å². The molecule has 2 atom stereocenters. The van der Waals surface area contributed by atoms with Crippen LogP contribution in [0.3, 0.4) is 0 Å². The fourth-order valence-electron chi connectivity index (χ4n) is 5.39. The van der Waals surface area contributed by atoms with Crippen molar-refractivity contribution in [3.8, 4) is 0 Å². The second kappa shape index (κ2) is 11.3. The monoisotopic (exact) mass is 534 g/mol. The number of ether oxygens (including phenoxy) is 1. The first-order valence-corrected chi connectivity index (χ1v) is 12.8. The summed E-state index contributed by atoms with van der Waals surface area (Å²) in [5.74, 6) is -3.20. The molecule has 2 N–H and O–H groups in total. The number of fused-ring (bicyclic) bond motifs is 1. The standard InChI is InChI=1S/C29H28F2N4O4/c1-39-26(18-10-6-3-7-11-18)27-33-22-14-20(30)21(31)15-23(22)35(27)25(17-8-4-2-5-9-17)28(36)34-24-13-12-19(16-32-24)29(37)38/h3,6-7,10-17,25-26H,2,4-5,8-9H2,1H3,(H,37,38)(H,32,34,36)/t25?,26-/m0/s1. The highest BCUT2D eigenvalue weighted by Crippen LogP contribution is 2.39. The molecule has 2 aromatic heterocycles. The van der Waals surface area contributed by atoms with Crippen LogP contribution in [-0.2, 0) is 9.53 Å². The lowest BCUT2D eigenvalue weighted by Gasteiger charge is -2.32. The third kappa shape index (κ3) is 5.37. The predicted molar refractivity (Wildman–Crippen MR) is 140 cm³/mol. The molecule has 0 aliphatic heterocycles. The summed E-state index contributed by atoms with van der Waals surface area (Å²) in [6.07, 6.45) is 4.88. The van der Waals surface area contributed by atoms with Gasteiger partial charge in [0.25, 0.3) is 0 Å². The highest BCUT2D eigenvalue weighted by molar-refractivity contribution is 5.95. The van der Waals surface area contributed by atoms with Gasteiger partial charge in [0, 0.05) is 25.4 Å². The normalized spacial score (nSPS) is 15.7. The molecular formula is C29H28F2N4O4. The Balaban J connectivity index is 1.66. The summed E-state index contributed by atoms with van der Waals surface area (Å²) >= 11 is 0. The van der Waals surface area contributed by atoms with Crippen molar-refractivity contribution >= 4 is 28.7 Å². The molecule has 1 fully saturated rings. The largest absolute Gasteiger partial charge is 0.478 e. The molecule has 2 aromatic carbocycles. The summed E-state index contributed by atoms with van der Waals surface area (Å²) in [6, 6.07) is 13.3. The van der Waals surface area contributed by atoms with Crippen molar-refractivity contribution in [2.75, 3.05) is 12.4 Å². The number of nitrogens with zero attached hydrogens (tertiary/aromatic N) is 3. The topological polar surface area (TPSA) is 106 Å². The third-order valence-electron chi connectivity index (χ3n) is 7.24. The number of hydrogen-bond donors (Lipinski definition) is 2. The molecular weight excluding hydrogens is 506 g/mol. The van der Waals surface area contributed by atoms with E-state index in [1.54, 1.807) is 4.57 Å². The fourth-order valence-corrected chi connectivity index (χ4v) is 5.39. The van der Waals surface area contributed by atoms with Crippen LogP contribution < -0.4 is 5.32 Å². The summed E-state index contributed by atoms with van der Waals surface area (Å²) in [6.45, 7) is 0. The van der Waals surface area contributed by atoms with E-state index in [-0.39, 0.29) is 28.3 Å². The van der Waals surface area contributed by atoms with Crippen LogP contribution >= 0.6 is 0 Å². The van der Waals surface area contributed by atoms with Crippen LogP contribution in [0.1, 0.15) is 66.0 Å². The van der Waals surface area contributed by atoms with Crippen molar-refractivity contribution in [2.24, 2.45) is 5.92 Å². The van der Waals surface area contributed by atoms with E-state index in [0.717, 1.165) is 49.8 Å². The number of amides is 1. The first kappa shape index (κ1) is 26.4. The summed E-state index contributed by atoms with van der Waals surface area (Å²) in [5.41, 5.74) is 1.25. The zero-order chi connectivity index (χ0) is 27.5. The van der Waals surface area contributed by atoms with E-state index in [1.165, 1.54) is 25.4 Å². The lowest BCUT2D eigenvalue weighted by atomic mass is 9.83. The highest BCUT2D eigenvalue weighted by Gasteiger charge is 2.36. The summed E-state index contributed by atoms with van der Waals surface area (Å²) in [7, 11) is 1.52. The Bertz CT molecular complexity index is 1480. The van der Waals surface area contributed by atoms with Crippen molar-refractivity contribution in [3.05, 3.63) is 89.4 Å². The molecule has 202 valence electrons. The van der Waals surface area contributed by atoms with Crippen LogP contribution in [0.15, 0.2) is 60.8 Å². The van der Waals surface area contributed by atoms with Crippen LogP contribution in [-0.4, -0.2) is 38.6 Å². The SMILES string of the molecule is CO[C@@H](c1ccccc1)c1nc2cc(F)c(F)cc2n1C(C(=O)Nc1ccc(C(=O)O)cn1)C1CCCCC1. The average Bonchev–Trinajstić information content (AvgIpc) is 3.28. The number of carboxylic acids is 1. The van der Waals surface area contributed by atoms with Crippen molar-refractivity contribution in [2.45, 2.75) is 44.2 Å². The molecule has 0 saturated heterocycles. The number of methoxy groups -OCH3 is 1. The minimum absolute atomic E-state index is 0.0111. The second-order valence-corrected chi connectivity index (χ2v) is 9.69. The van der Waals surface area contributed by atoms with Crippen LogP contribution in [0.5, 0.6) is 0 Å². The Kier molecular flexibility index (Phi) is 7.65. The van der Waals surface area contributed by atoms with Crippen molar-refractivity contribution in [1.82, 2.24) is 14.5 Å². The van der Waals surface area contributed by atoms with E-state index in [0.29, 0.717) is 5.82 Å². The molecule has 0 bridgehead atoms. The maximum Gasteiger partial charge on any atom is 0.337 e. The minimum Gasteiger partial charge on any atom is -0.478 e. The predicted octanol–water partition coefficient (Wildman–Crippen LogP) is 5.90. The Morgan fingerprint density at radius 2 is 1.77 bits per heavy atom. The zero-order valence-electron chi connectivity index (χ0n) is 21.3. The number of hydrogen-bond acceptors (Lipinski definition) is 5.